The number of ether oxygens (including phenoxy) is 1. The smallest absolute Gasteiger partial charge is 0.271 e. The number of piperidine rings is 1. The maximum atomic E-state index is 12.9. The second-order valence-corrected chi connectivity index (χ2v) is 9.76. The van der Waals surface area contributed by atoms with Crippen LogP contribution < -0.4 is 4.74 Å². The Labute approximate surface area is 156 Å². The topological polar surface area (TPSA) is 124 Å². The average Bonchev–Trinajstić information content (AvgIpc) is 2.95. The van der Waals surface area contributed by atoms with Crippen LogP contribution in [-0.2, 0) is 33.4 Å². The number of carbonyl (C=O) groups excluding carboxylic acids is 1. The largest absolute Gasteiger partial charge is 0.481 e. The molecule has 1 aromatic rings. The standard InChI is InChI=1S/C18H21NO7S/c1-19-5-4-17-14-9-2-3-10(8-20)15(14)26-16(17)11(21)7-13(27(23,24)25)18(17,22)12(19)6-9/h2-3,12-13,16,20,22H,4-8H2,1H3,(H,23,24,25)/t12?,13?,16?,17?,18-/m0/s1. The van der Waals surface area contributed by atoms with E-state index in [1.807, 2.05) is 18.0 Å². The van der Waals surface area contributed by atoms with E-state index in [0.717, 1.165) is 5.56 Å². The van der Waals surface area contributed by atoms with Crippen LogP contribution in [0.4, 0.5) is 0 Å². The van der Waals surface area contributed by atoms with Gasteiger partial charge in [-0.2, -0.15) is 8.42 Å². The lowest BCUT2D eigenvalue weighted by Crippen LogP contribution is -2.81. The monoisotopic (exact) mass is 395 g/mol. The molecule has 4 unspecified atom stereocenters. The van der Waals surface area contributed by atoms with E-state index in [0.29, 0.717) is 36.3 Å². The summed E-state index contributed by atoms with van der Waals surface area (Å²) in [5.74, 6) is -0.0655. The van der Waals surface area contributed by atoms with Crippen molar-refractivity contribution < 1.29 is 32.7 Å². The fraction of sp³-hybridized carbons (Fsp3) is 0.611. The average molecular weight is 395 g/mol. The number of hydrogen-bond acceptors (Lipinski definition) is 7. The minimum Gasteiger partial charge on any atom is -0.481 e. The van der Waals surface area contributed by atoms with Crippen molar-refractivity contribution in [2.75, 3.05) is 13.6 Å². The number of aliphatic hydroxyl groups excluding tert-OH is 1. The molecule has 2 bridgehead atoms. The van der Waals surface area contributed by atoms with Crippen LogP contribution in [0.25, 0.3) is 0 Å². The van der Waals surface area contributed by atoms with E-state index in [2.05, 4.69) is 0 Å². The molecule has 0 radical (unpaired) electrons. The predicted octanol–water partition coefficient (Wildman–Crippen LogP) is -0.602. The minimum atomic E-state index is -4.68. The number of likely N-dealkylation sites (N-methyl/N-ethyl adjacent to an activating group) is 1. The van der Waals surface area contributed by atoms with Crippen LogP contribution >= 0.6 is 0 Å². The summed E-state index contributed by atoms with van der Waals surface area (Å²) in [6.07, 6.45) is -0.810. The van der Waals surface area contributed by atoms with Crippen LogP contribution in [0.5, 0.6) is 5.75 Å². The van der Waals surface area contributed by atoms with Crippen molar-refractivity contribution in [2.24, 2.45) is 0 Å². The number of carbonyl (C=O) groups is 1. The van der Waals surface area contributed by atoms with Crippen LogP contribution in [0.1, 0.15) is 29.5 Å². The quantitative estimate of drug-likeness (QED) is 0.567. The molecule has 1 aromatic carbocycles. The van der Waals surface area contributed by atoms with Gasteiger partial charge in [-0.25, -0.2) is 0 Å². The molecule has 5 atom stereocenters. The molecule has 8 nitrogen and oxygen atoms in total. The van der Waals surface area contributed by atoms with Crippen molar-refractivity contribution in [1.82, 2.24) is 4.90 Å². The van der Waals surface area contributed by atoms with Gasteiger partial charge in [-0.15, -0.1) is 0 Å². The van der Waals surface area contributed by atoms with E-state index < -0.39 is 50.7 Å². The fourth-order valence-electron chi connectivity index (χ4n) is 6.08. The first-order chi connectivity index (χ1) is 12.7. The summed E-state index contributed by atoms with van der Waals surface area (Å²) in [4.78, 5) is 14.8. The zero-order chi connectivity index (χ0) is 19.4. The summed E-state index contributed by atoms with van der Waals surface area (Å²) < 4.78 is 40.4. The Morgan fingerprint density at radius 2 is 2.07 bits per heavy atom. The number of rotatable bonds is 2. The van der Waals surface area contributed by atoms with Gasteiger partial charge in [-0.3, -0.25) is 9.35 Å². The lowest BCUT2D eigenvalue weighted by atomic mass is 9.48. The van der Waals surface area contributed by atoms with Gasteiger partial charge >= 0.3 is 0 Å². The van der Waals surface area contributed by atoms with Crippen molar-refractivity contribution in [3.05, 3.63) is 28.8 Å². The van der Waals surface area contributed by atoms with Crippen LogP contribution in [0.2, 0.25) is 0 Å². The highest BCUT2D eigenvalue weighted by atomic mass is 32.2. The van der Waals surface area contributed by atoms with Gasteiger partial charge in [0.2, 0.25) is 0 Å². The Balaban J connectivity index is 1.89. The molecule has 5 rings (SSSR count). The Kier molecular flexibility index (Phi) is 3.31. The van der Waals surface area contributed by atoms with Crippen molar-refractivity contribution in [1.29, 1.82) is 0 Å². The van der Waals surface area contributed by atoms with Gasteiger partial charge in [0.05, 0.1) is 12.0 Å². The maximum absolute atomic E-state index is 12.9. The number of ketones is 1. The van der Waals surface area contributed by atoms with Crippen LogP contribution in [0.3, 0.4) is 0 Å². The van der Waals surface area contributed by atoms with E-state index in [1.165, 1.54) is 0 Å². The third-order valence-corrected chi connectivity index (χ3v) is 8.43. The highest BCUT2D eigenvalue weighted by Gasteiger charge is 2.77. The highest BCUT2D eigenvalue weighted by Crippen LogP contribution is 2.64. The van der Waals surface area contributed by atoms with Gasteiger partial charge in [-0.1, -0.05) is 12.1 Å². The van der Waals surface area contributed by atoms with Crippen molar-refractivity contribution in [3.63, 3.8) is 0 Å². The van der Waals surface area contributed by atoms with E-state index in [-0.39, 0.29) is 6.61 Å². The summed E-state index contributed by atoms with van der Waals surface area (Å²) in [5.41, 5.74) is -1.08. The molecule has 2 aliphatic carbocycles. The fourth-order valence-corrected chi connectivity index (χ4v) is 7.28. The number of likely N-dealkylation sites (tertiary alicyclic amines) is 1. The van der Waals surface area contributed by atoms with Crippen molar-refractivity contribution in [2.45, 2.75) is 54.3 Å². The summed E-state index contributed by atoms with van der Waals surface area (Å²) in [7, 11) is -2.87. The molecule has 0 amide bonds. The normalized spacial score (nSPS) is 39.9. The maximum Gasteiger partial charge on any atom is 0.271 e. The SMILES string of the molecule is CN1CCC23c4c5ccc(CO)c4OC2C(=O)CC(S(=O)(=O)O)[C@@]3(O)C1C5. The van der Waals surface area contributed by atoms with E-state index in [1.54, 1.807) is 6.07 Å². The Morgan fingerprint density at radius 3 is 2.74 bits per heavy atom. The van der Waals surface area contributed by atoms with E-state index in [4.69, 9.17) is 4.74 Å². The third-order valence-electron chi connectivity index (χ3n) is 7.18. The number of aliphatic hydroxyl groups is 2. The summed E-state index contributed by atoms with van der Waals surface area (Å²) in [5, 5.41) is 20.1. The molecule has 0 aromatic heterocycles. The summed E-state index contributed by atoms with van der Waals surface area (Å²) >= 11 is 0. The Morgan fingerprint density at radius 1 is 1.33 bits per heavy atom. The lowest BCUT2D eigenvalue weighted by Gasteiger charge is -2.63. The lowest BCUT2D eigenvalue weighted by molar-refractivity contribution is -0.183. The van der Waals surface area contributed by atoms with Gasteiger partial charge in [0.25, 0.3) is 10.1 Å². The number of Topliss-reactive ketones (excluding diaryl/α,β-unsaturated/α-hetero) is 1. The van der Waals surface area contributed by atoms with Crippen molar-refractivity contribution in [3.8, 4) is 5.75 Å². The van der Waals surface area contributed by atoms with Gasteiger partial charge < -0.3 is 19.8 Å². The van der Waals surface area contributed by atoms with E-state index >= 15 is 0 Å². The molecule has 4 aliphatic rings. The molecule has 2 fully saturated rings. The molecule has 2 heterocycles. The van der Waals surface area contributed by atoms with Gasteiger partial charge in [0, 0.05) is 23.6 Å². The summed E-state index contributed by atoms with van der Waals surface area (Å²) in [6.45, 7) is 0.267. The molecule has 1 saturated heterocycles. The number of benzene rings is 1. The molecule has 146 valence electrons. The molecule has 27 heavy (non-hydrogen) atoms. The third kappa shape index (κ3) is 1.82. The molecule has 3 N–H and O–H groups in total. The first-order valence-corrected chi connectivity index (χ1v) is 10.5. The predicted molar refractivity (Wildman–Crippen MR) is 93.1 cm³/mol. The first kappa shape index (κ1) is 17.6. The second-order valence-electron chi connectivity index (χ2n) is 8.17. The number of nitrogens with zero attached hydrogens (tertiary/aromatic N) is 1. The van der Waals surface area contributed by atoms with Crippen LogP contribution in [-0.4, -0.2) is 70.5 Å². The zero-order valence-electron chi connectivity index (χ0n) is 14.8. The zero-order valence-corrected chi connectivity index (χ0v) is 15.6. The van der Waals surface area contributed by atoms with Crippen LogP contribution in [0, 0.1) is 0 Å². The molecule has 9 heteroatoms. The molecule has 2 aliphatic heterocycles. The summed E-state index contributed by atoms with van der Waals surface area (Å²) in [6, 6.07) is 3.02. The second kappa shape index (κ2) is 5.09. The Hall–Kier alpha value is -1.52. The van der Waals surface area contributed by atoms with Crippen molar-refractivity contribution >= 4 is 15.9 Å². The Bertz CT molecular complexity index is 976. The molecule has 1 spiro atoms. The van der Waals surface area contributed by atoms with Crippen LogP contribution in [0.15, 0.2) is 12.1 Å². The van der Waals surface area contributed by atoms with E-state index in [9.17, 15) is 28.0 Å². The first-order valence-electron chi connectivity index (χ1n) is 9.00. The molecular weight excluding hydrogens is 374 g/mol. The van der Waals surface area contributed by atoms with Gasteiger partial charge in [-0.05, 0) is 32.0 Å². The molecular formula is C18H21NO7S. The highest BCUT2D eigenvalue weighted by molar-refractivity contribution is 7.86. The molecule has 1 saturated carbocycles. The number of hydrogen-bond donors (Lipinski definition) is 3. The van der Waals surface area contributed by atoms with Gasteiger partial charge in [0.1, 0.15) is 16.6 Å². The van der Waals surface area contributed by atoms with Gasteiger partial charge in [0.15, 0.2) is 11.9 Å². The minimum absolute atomic E-state index is 0.289.